The predicted octanol–water partition coefficient (Wildman–Crippen LogP) is 8.72. The lowest BCUT2D eigenvalue weighted by molar-refractivity contribution is -0.385. The van der Waals surface area contributed by atoms with Crippen LogP contribution in [0.4, 0.5) is 28.4 Å². The number of rotatable bonds is 19. The molecular formula is C51H59N9O10S4. The summed E-state index contributed by atoms with van der Waals surface area (Å²) in [4.78, 5) is 48.6. The zero-order valence-corrected chi connectivity index (χ0v) is 44.4. The Labute approximate surface area is 439 Å². The molecule has 0 aliphatic carbocycles. The Morgan fingerprint density at radius 3 is 1.43 bits per heavy atom. The molecule has 2 saturated heterocycles. The van der Waals surface area contributed by atoms with Crippen molar-refractivity contribution in [3.8, 4) is 0 Å². The van der Waals surface area contributed by atoms with Crippen LogP contribution in [0.3, 0.4) is 0 Å². The fraction of sp³-hybridized carbons (Fsp3) is 0.333. The van der Waals surface area contributed by atoms with Gasteiger partial charge in [-0.05, 0) is 117 Å². The second-order valence-corrected chi connectivity index (χ2v) is 24.6. The monoisotopic (exact) mass is 1090 g/mol. The van der Waals surface area contributed by atoms with Crippen LogP contribution in [-0.2, 0) is 39.6 Å². The first-order valence-corrected chi connectivity index (χ1v) is 28.5. The van der Waals surface area contributed by atoms with Gasteiger partial charge in [0.2, 0.25) is 0 Å². The molecule has 4 N–H and O–H groups in total. The minimum absolute atomic E-state index is 0.0920. The van der Waals surface area contributed by atoms with Gasteiger partial charge in [-0.1, -0.05) is 31.5 Å². The van der Waals surface area contributed by atoms with Gasteiger partial charge in [-0.2, -0.15) is 8.61 Å². The van der Waals surface area contributed by atoms with Crippen molar-refractivity contribution < 1.29 is 36.3 Å². The summed E-state index contributed by atoms with van der Waals surface area (Å²) in [5.41, 5.74) is 4.89. The maximum atomic E-state index is 13.2. The standard InChI is InChI=1S/C26H30N4O5S2.C25H29N5O5S2/c1-2-4-19-5-3-6-22(17-19)28-21-13-15-29(16-14-21)37(34,35)25-12-11-24(36-25)18-27-26(31)20-7-9-23(10-8-20)30(32)33;1-28(2)22-5-3-4-20(16-22)27-19-12-14-29(15-13-19)37(34,35)24-11-10-23(36-24)17-26-25(31)18-6-8-21(9-7-18)30(32)33/h3,5-12,17,21,28H,2,4,13-16,18H2,1H3,(H,27,31);3-11,16,19,27H,12-15,17H2,1-2H3,(H,26,31). The number of piperidine rings is 2. The molecule has 2 aliphatic rings. The first-order valence-electron chi connectivity index (χ1n) is 24.0. The predicted molar refractivity (Wildman–Crippen MR) is 289 cm³/mol. The van der Waals surface area contributed by atoms with E-state index in [1.54, 1.807) is 24.3 Å². The van der Waals surface area contributed by atoms with E-state index in [4.69, 9.17) is 0 Å². The van der Waals surface area contributed by atoms with Gasteiger partial charge in [-0.25, -0.2) is 16.8 Å². The summed E-state index contributed by atoms with van der Waals surface area (Å²) < 4.78 is 56.4. The van der Waals surface area contributed by atoms with Crippen LogP contribution in [0.2, 0.25) is 0 Å². The van der Waals surface area contributed by atoms with E-state index in [0.29, 0.717) is 59.9 Å². The lowest BCUT2D eigenvalue weighted by atomic mass is 10.1. The highest BCUT2D eigenvalue weighted by Crippen LogP contribution is 2.31. The number of hydrogen-bond acceptors (Lipinski definition) is 15. The molecular weight excluding hydrogens is 1030 g/mol. The van der Waals surface area contributed by atoms with Crippen LogP contribution < -0.4 is 26.2 Å². The lowest BCUT2D eigenvalue weighted by Crippen LogP contribution is -2.42. The van der Waals surface area contributed by atoms with Crippen molar-refractivity contribution in [2.75, 3.05) is 55.8 Å². The maximum absolute atomic E-state index is 13.2. The molecule has 74 heavy (non-hydrogen) atoms. The fourth-order valence-corrected chi connectivity index (χ4v) is 14.2. The zero-order valence-electron chi connectivity index (χ0n) is 41.1. The van der Waals surface area contributed by atoms with Crippen LogP contribution in [0.15, 0.2) is 130 Å². The number of thiophene rings is 2. The Balaban J connectivity index is 0.000000216. The lowest BCUT2D eigenvalue weighted by Gasteiger charge is -2.32. The Kier molecular flexibility index (Phi) is 18.6. The molecule has 0 spiro atoms. The van der Waals surface area contributed by atoms with E-state index in [2.05, 4.69) is 58.5 Å². The van der Waals surface area contributed by atoms with Crippen molar-refractivity contribution in [1.82, 2.24) is 19.2 Å². The summed E-state index contributed by atoms with van der Waals surface area (Å²) in [6.45, 7) is 4.23. The van der Waals surface area contributed by atoms with Crippen molar-refractivity contribution in [3.63, 3.8) is 0 Å². The van der Waals surface area contributed by atoms with Gasteiger partial charge in [-0.15, -0.1) is 22.7 Å². The number of hydrogen-bond donors (Lipinski definition) is 4. The SMILES string of the molecule is CCCc1cccc(NC2CCN(S(=O)(=O)c3ccc(CNC(=O)c4ccc([N+](=O)[O-])cc4)s3)CC2)c1.CN(C)c1cccc(NC2CCN(S(=O)(=O)c3ccc(CNC(=O)c4ccc([N+](=O)[O-])cc4)s3)CC2)c1. The molecule has 0 saturated carbocycles. The molecule has 0 unspecified atom stereocenters. The van der Waals surface area contributed by atoms with Crippen LogP contribution in [0.25, 0.3) is 0 Å². The molecule has 2 amide bonds. The Morgan fingerprint density at radius 2 is 1.03 bits per heavy atom. The van der Waals surface area contributed by atoms with Crippen molar-refractivity contribution in [1.29, 1.82) is 0 Å². The van der Waals surface area contributed by atoms with Crippen LogP contribution in [0.5, 0.6) is 0 Å². The second kappa shape index (κ2) is 25.0. The Morgan fingerprint density at radius 1 is 0.608 bits per heavy atom. The molecule has 2 aromatic heterocycles. The molecule has 19 nitrogen and oxygen atoms in total. The number of benzene rings is 4. The fourth-order valence-electron chi connectivity index (χ4n) is 8.38. The Hall–Kier alpha value is -6.76. The number of nitro benzene ring substituents is 2. The van der Waals surface area contributed by atoms with E-state index in [-0.39, 0.29) is 50.9 Å². The summed E-state index contributed by atoms with van der Waals surface area (Å²) in [7, 11) is -3.24. The van der Waals surface area contributed by atoms with E-state index in [1.807, 2.05) is 37.2 Å². The molecule has 8 rings (SSSR count). The number of nitrogens with zero attached hydrogens (tertiary/aromatic N) is 5. The van der Waals surface area contributed by atoms with Crippen LogP contribution >= 0.6 is 22.7 Å². The molecule has 4 aromatic carbocycles. The van der Waals surface area contributed by atoms with Gasteiger partial charge >= 0.3 is 0 Å². The molecule has 0 bridgehead atoms. The van der Waals surface area contributed by atoms with Crippen molar-refractivity contribution in [2.24, 2.45) is 0 Å². The summed E-state index contributed by atoms with van der Waals surface area (Å²) in [6.07, 6.45) is 4.98. The highest BCUT2D eigenvalue weighted by molar-refractivity contribution is 7.91. The van der Waals surface area contributed by atoms with Gasteiger partial charge in [0.05, 0.1) is 22.9 Å². The van der Waals surface area contributed by atoms with E-state index >= 15 is 0 Å². The summed E-state index contributed by atoms with van der Waals surface area (Å²) in [6, 6.07) is 34.1. The number of non-ortho nitro benzene ring substituents is 2. The number of nitro groups is 2. The van der Waals surface area contributed by atoms with Gasteiger partial charge in [0, 0.05) is 115 Å². The number of aryl methyl sites for hydroxylation is 1. The smallest absolute Gasteiger partial charge is 0.269 e. The number of sulfonamides is 2. The average molecular weight is 1090 g/mol. The molecule has 6 aromatic rings. The van der Waals surface area contributed by atoms with Crippen molar-refractivity contribution >= 4 is 83.0 Å². The second-order valence-electron chi connectivity index (χ2n) is 18.0. The van der Waals surface area contributed by atoms with E-state index < -0.39 is 35.8 Å². The third kappa shape index (κ3) is 14.5. The molecule has 2 aliphatic heterocycles. The van der Waals surface area contributed by atoms with E-state index in [0.717, 1.165) is 65.4 Å². The Bertz CT molecular complexity index is 3130. The number of anilines is 3. The largest absolute Gasteiger partial charge is 0.382 e. The van der Waals surface area contributed by atoms with Gasteiger partial charge < -0.3 is 26.2 Å². The highest BCUT2D eigenvalue weighted by atomic mass is 32.3. The molecule has 0 radical (unpaired) electrons. The number of nitrogens with one attached hydrogen (secondary N) is 4. The summed E-state index contributed by atoms with van der Waals surface area (Å²) in [5, 5.41) is 34.1. The minimum Gasteiger partial charge on any atom is -0.382 e. The first-order chi connectivity index (χ1) is 35.4. The number of carbonyl (C=O) groups is 2. The highest BCUT2D eigenvalue weighted by Gasteiger charge is 2.32. The van der Waals surface area contributed by atoms with Crippen LogP contribution in [-0.4, -0.2) is 99.5 Å². The topological polar surface area (TPSA) is 247 Å². The third-order valence-electron chi connectivity index (χ3n) is 12.5. The first kappa shape index (κ1) is 55.0. The molecule has 23 heteroatoms. The van der Waals surface area contributed by atoms with Crippen LogP contribution in [0.1, 0.15) is 75.1 Å². The van der Waals surface area contributed by atoms with E-state index in [9.17, 15) is 46.7 Å². The number of carbonyl (C=O) groups excluding carboxylic acids is 2. The quantitative estimate of drug-likeness (QED) is 0.0438. The minimum atomic E-state index is -3.62. The van der Waals surface area contributed by atoms with Crippen molar-refractivity contribution in [3.05, 3.63) is 168 Å². The molecule has 0 atom stereocenters. The normalized spacial score (nSPS) is 14.8. The summed E-state index contributed by atoms with van der Waals surface area (Å²) in [5.74, 6) is -0.777. The van der Waals surface area contributed by atoms with Gasteiger partial charge in [0.25, 0.3) is 43.2 Å². The van der Waals surface area contributed by atoms with Crippen molar-refractivity contribution in [2.45, 2.75) is 79.0 Å². The van der Waals surface area contributed by atoms with Crippen LogP contribution in [0, 0.1) is 20.2 Å². The maximum Gasteiger partial charge on any atom is 0.269 e. The van der Waals surface area contributed by atoms with Gasteiger partial charge in [-0.3, -0.25) is 29.8 Å². The molecule has 392 valence electrons. The summed E-state index contributed by atoms with van der Waals surface area (Å²) >= 11 is 2.27. The third-order valence-corrected chi connectivity index (χ3v) is 19.4. The zero-order chi connectivity index (χ0) is 53.0. The molecule has 4 heterocycles. The van der Waals surface area contributed by atoms with E-state index in [1.165, 1.54) is 62.7 Å². The average Bonchev–Trinajstić information content (AvgIpc) is 4.10. The van der Waals surface area contributed by atoms with Gasteiger partial charge in [0.15, 0.2) is 0 Å². The number of amides is 2. The van der Waals surface area contributed by atoms with Gasteiger partial charge in [0.1, 0.15) is 8.42 Å². The molecule has 2 fully saturated rings.